The second-order valence-electron chi connectivity index (χ2n) is 5.25. The van der Waals surface area contributed by atoms with Crippen molar-refractivity contribution in [2.45, 2.75) is 44.4 Å². The number of unbranched alkanes of at least 4 members (excludes halogenated alkanes) is 2. The third-order valence-electron chi connectivity index (χ3n) is 3.50. The van der Waals surface area contributed by atoms with E-state index < -0.39 is 0 Å². The summed E-state index contributed by atoms with van der Waals surface area (Å²) in [5, 5.41) is 0. The number of allylic oxidation sites excluding steroid dienone is 6. The van der Waals surface area contributed by atoms with Gasteiger partial charge in [0.2, 0.25) is 0 Å². The van der Waals surface area contributed by atoms with Crippen molar-refractivity contribution in [1.29, 1.82) is 0 Å². The van der Waals surface area contributed by atoms with Crippen LogP contribution < -0.4 is 0 Å². The van der Waals surface area contributed by atoms with Gasteiger partial charge < -0.3 is 0 Å². The van der Waals surface area contributed by atoms with Crippen molar-refractivity contribution in [2.24, 2.45) is 0 Å². The Hall–Kier alpha value is -1.82. The van der Waals surface area contributed by atoms with Crippen LogP contribution in [0.3, 0.4) is 0 Å². The zero-order chi connectivity index (χ0) is 15.2. The Kier molecular flexibility index (Phi) is 9.82. The molecule has 0 fully saturated rings. The van der Waals surface area contributed by atoms with Crippen molar-refractivity contribution < 1.29 is 0 Å². The standard InChI is InChI=1S/C21H28/c1-3-5-7-8-9-10-13-17-20(16-12-6-4-2)21-18-14-11-15-19-21/h3-4,7-8,11-12,14-16,18-20H,1-2,5-6,9-10,13,17H2/b8-7+,16-12?. The van der Waals surface area contributed by atoms with Crippen LogP contribution >= 0.6 is 0 Å². The van der Waals surface area contributed by atoms with Gasteiger partial charge in [0.15, 0.2) is 0 Å². The fourth-order valence-electron chi connectivity index (χ4n) is 2.35. The number of rotatable bonds is 11. The normalized spacial score (nSPS) is 12.8. The molecule has 0 aliphatic heterocycles. The molecule has 0 aromatic heterocycles. The van der Waals surface area contributed by atoms with Crippen molar-refractivity contribution in [2.75, 3.05) is 0 Å². The first-order chi connectivity index (χ1) is 10.4. The van der Waals surface area contributed by atoms with E-state index in [1.165, 1.54) is 31.2 Å². The molecule has 0 radical (unpaired) electrons. The second kappa shape index (κ2) is 12.0. The summed E-state index contributed by atoms with van der Waals surface area (Å²) in [6.45, 7) is 7.50. The van der Waals surface area contributed by atoms with Gasteiger partial charge in [-0.2, -0.15) is 0 Å². The van der Waals surface area contributed by atoms with Crippen LogP contribution in [0.15, 0.2) is 79.9 Å². The lowest BCUT2D eigenvalue weighted by Gasteiger charge is -2.13. The van der Waals surface area contributed by atoms with Gasteiger partial charge in [0.25, 0.3) is 0 Å². The van der Waals surface area contributed by atoms with Gasteiger partial charge in [-0.1, -0.05) is 73.2 Å². The molecule has 0 spiro atoms. The Morgan fingerprint density at radius 2 is 1.57 bits per heavy atom. The lowest BCUT2D eigenvalue weighted by Crippen LogP contribution is -1.95. The quantitative estimate of drug-likeness (QED) is 0.316. The highest BCUT2D eigenvalue weighted by Gasteiger charge is 2.06. The van der Waals surface area contributed by atoms with Gasteiger partial charge in [-0.05, 0) is 37.7 Å². The molecule has 0 amide bonds. The molecule has 0 heterocycles. The first-order valence-corrected chi connectivity index (χ1v) is 7.97. The number of hydrogen-bond acceptors (Lipinski definition) is 0. The summed E-state index contributed by atoms with van der Waals surface area (Å²) in [7, 11) is 0. The van der Waals surface area contributed by atoms with Gasteiger partial charge >= 0.3 is 0 Å². The lowest BCUT2D eigenvalue weighted by molar-refractivity contribution is 0.641. The van der Waals surface area contributed by atoms with Gasteiger partial charge in [-0.15, -0.1) is 13.2 Å². The van der Waals surface area contributed by atoms with Crippen molar-refractivity contribution >= 4 is 0 Å². The molecule has 0 bridgehead atoms. The Balaban J connectivity index is 2.42. The fourth-order valence-corrected chi connectivity index (χ4v) is 2.35. The molecule has 0 nitrogen and oxygen atoms in total. The molecule has 0 saturated carbocycles. The third kappa shape index (κ3) is 8.14. The molecule has 1 atom stereocenters. The average molecular weight is 280 g/mol. The van der Waals surface area contributed by atoms with Gasteiger partial charge in [0.1, 0.15) is 0 Å². The van der Waals surface area contributed by atoms with Crippen LogP contribution in [-0.4, -0.2) is 0 Å². The molecular formula is C21H28. The largest absolute Gasteiger partial charge is 0.103 e. The molecule has 1 rings (SSSR count). The van der Waals surface area contributed by atoms with Crippen LogP contribution in [0.5, 0.6) is 0 Å². The van der Waals surface area contributed by atoms with Crippen LogP contribution in [-0.2, 0) is 0 Å². The Labute approximate surface area is 130 Å². The SMILES string of the molecule is C=CCC=CC(CCCC/C=C/CC=C)c1ccccc1. The second-order valence-corrected chi connectivity index (χ2v) is 5.25. The molecule has 21 heavy (non-hydrogen) atoms. The van der Waals surface area contributed by atoms with Gasteiger partial charge in [0, 0.05) is 5.92 Å². The molecule has 0 aliphatic carbocycles. The number of hydrogen-bond donors (Lipinski definition) is 0. The Bertz CT molecular complexity index is 436. The van der Waals surface area contributed by atoms with E-state index in [0.717, 1.165) is 12.8 Å². The van der Waals surface area contributed by atoms with Crippen molar-refractivity contribution in [3.63, 3.8) is 0 Å². The van der Waals surface area contributed by atoms with E-state index in [-0.39, 0.29) is 0 Å². The summed E-state index contributed by atoms with van der Waals surface area (Å²) in [4.78, 5) is 0. The molecule has 1 aromatic rings. The van der Waals surface area contributed by atoms with Crippen LogP contribution in [0, 0.1) is 0 Å². The van der Waals surface area contributed by atoms with E-state index in [4.69, 9.17) is 0 Å². The molecule has 112 valence electrons. The summed E-state index contributed by atoms with van der Waals surface area (Å²) in [5.74, 6) is 0.531. The van der Waals surface area contributed by atoms with Crippen LogP contribution in [0.4, 0.5) is 0 Å². The van der Waals surface area contributed by atoms with E-state index in [9.17, 15) is 0 Å². The molecule has 0 N–H and O–H groups in total. The molecule has 0 aliphatic rings. The van der Waals surface area contributed by atoms with E-state index in [2.05, 4.69) is 67.8 Å². The lowest BCUT2D eigenvalue weighted by atomic mass is 9.92. The molecule has 1 aromatic carbocycles. The fraction of sp³-hybridized carbons (Fsp3) is 0.333. The van der Waals surface area contributed by atoms with Crippen molar-refractivity contribution in [3.05, 3.63) is 85.5 Å². The molecular weight excluding hydrogens is 252 g/mol. The van der Waals surface area contributed by atoms with Gasteiger partial charge in [0.05, 0.1) is 0 Å². The summed E-state index contributed by atoms with van der Waals surface area (Å²) in [5.41, 5.74) is 1.42. The van der Waals surface area contributed by atoms with E-state index >= 15 is 0 Å². The maximum Gasteiger partial charge on any atom is 0.00180 e. The summed E-state index contributed by atoms with van der Waals surface area (Å²) >= 11 is 0. The highest BCUT2D eigenvalue weighted by Crippen LogP contribution is 2.24. The topological polar surface area (TPSA) is 0 Å². The molecule has 0 heteroatoms. The molecule has 1 unspecified atom stereocenters. The smallest absolute Gasteiger partial charge is 0.00180 e. The summed E-state index contributed by atoms with van der Waals surface area (Å²) < 4.78 is 0. The van der Waals surface area contributed by atoms with Crippen molar-refractivity contribution in [3.8, 4) is 0 Å². The van der Waals surface area contributed by atoms with Gasteiger partial charge in [-0.3, -0.25) is 0 Å². The highest BCUT2D eigenvalue weighted by atomic mass is 14.1. The molecule has 0 saturated heterocycles. The van der Waals surface area contributed by atoms with E-state index in [1.807, 2.05) is 12.2 Å². The minimum atomic E-state index is 0.531. The summed E-state index contributed by atoms with van der Waals surface area (Å²) in [6.07, 6.45) is 19.8. The van der Waals surface area contributed by atoms with Crippen LogP contribution in [0.1, 0.15) is 50.0 Å². The third-order valence-corrected chi connectivity index (χ3v) is 3.50. The van der Waals surface area contributed by atoms with Crippen LogP contribution in [0.2, 0.25) is 0 Å². The monoisotopic (exact) mass is 280 g/mol. The Morgan fingerprint density at radius 3 is 2.29 bits per heavy atom. The first kappa shape index (κ1) is 17.2. The summed E-state index contributed by atoms with van der Waals surface area (Å²) in [6, 6.07) is 10.8. The van der Waals surface area contributed by atoms with Crippen LogP contribution in [0.25, 0.3) is 0 Å². The highest BCUT2D eigenvalue weighted by molar-refractivity contribution is 5.23. The van der Waals surface area contributed by atoms with Crippen molar-refractivity contribution in [1.82, 2.24) is 0 Å². The minimum absolute atomic E-state index is 0.531. The van der Waals surface area contributed by atoms with E-state index in [0.29, 0.717) is 5.92 Å². The van der Waals surface area contributed by atoms with Gasteiger partial charge in [-0.25, -0.2) is 0 Å². The number of benzene rings is 1. The predicted molar refractivity (Wildman–Crippen MR) is 95.6 cm³/mol. The average Bonchev–Trinajstić information content (AvgIpc) is 2.53. The zero-order valence-corrected chi connectivity index (χ0v) is 13.1. The Morgan fingerprint density at radius 1 is 0.857 bits per heavy atom. The van der Waals surface area contributed by atoms with E-state index in [1.54, 1.807) is 0 Å². The maximum atomic E-state index is 3.78. The minimum Gasteiger partial charge on any atom is -0.103 e. The zero-order valence-electron chi connectivity index (χ0n) is 13.1. The maximum absolute atomic E-state index is 3.78. The first-order valence-electron chi connectivity index (χ1n) is 7.97. The predicted octanol–water partition coefficient (Wildman–Crippen LogP) is 6.60.